The van der Waals surface area contributed by atoms with Crippen molar-refractivity contribution in [3.05, 3.63) is 47.7 Å². The first-order valence-electron chi connectivity index (χ1n) is 11.4. The number of nitrogens with two attached hydrogens (primary N) is 2. The Bertz CT molecular complexity index is 1060. The molecule has 1 amide bonds. The number of thioether (sulfide) groups is 1. The van der Waals surface area contributed by atoms with Crippen molar-refractivity contribution in [3.63, 3.8) is 0 Å². The number of nitrogens with zero attached hydrogens (tertiary/aromatic N) is 4. The minimum atomic E-state index is -1.22. The van der Waals surface area contributed by atoms with E-state index in [4.69, 9.17) is 16.2 Å². The number of ether oxygens (including phenoxy) is 1. The van der Waals surface area contributed by atoms with Gasteiger partial charge in [-0.05, 0) is 37.1 Å². The number of aromatic nitrogens is 3. The van der Waals surface area contributed by atoms with Gasteiger partial charge in [-0.25, -0.2) is 9.78 Å². The zero-order valence-corrected chi connectivity index (χ0v) is 20.2. The maximum atomic E-state index is 12.9. The van der Waals surface area contributed by atoms with Crippen molar-refractivity contribution in [1.82, 2.24) is 14.8 Å². The molecular formula is C23H31N7O4S. The lowest BCUT2D eigenvalue weighted by Gasteiger charge is -2.22. The summed E-state index contributed by atoms with van der Waals surface area (Å²) in [5, 5.41) is 16.4. The first-order chi connectivity index (χ1) is 17.0. The van der Waals surface area contributed by atoms with E-state index in [0.29, 0.717) is 37.6 Å². The Morgan fingerprint density at radius 2 is 2.06 bits per heavy atom. The van der Waals surface area contributed by atoms with Crippen LogP contribution in [0.4, 0.5) is 5.69 Å². The summed E-state index contributed by atoms with van der Waals surface area (Å²) in [7, 11) is 0. The zero-order valence-electron chi connectivity index (χ0n) is 19.4. The summed E-state index contributed by atoms with van der Waals surface area (Å²) in [6.07, 6.45) is 6.93. The van der Waals surface area contributed by atoms with Crippen LogP contribution in [0.3, 0.4) is 0 Å². The number of nitrogens with one attached hydrogen (secondary N) is 1. The minimum absolute atomic E-state index is 0.0183. The molecule has 35 heavy (non-hydrogen) atoms. The molecule has 0 aliphatic carbocycles. The van der Waals surface area contributed by atoms with Crippen molar-refractivity contribution < 1.29 is 19.4 Å². The van der Waals surface area contributed by atoms with E-state index in [1.165, 1.54) is 6.20 Å². The van der Waals surface area contributed by atoms with Crippen LogP contribution in [0.1, 0.15) is 52.0 Å². The van der Waals surface area contributed by atoms with Gasteiger partial charge in [-0.15, -0.1) is 0 Å². The number of rotatable bonds is 12. The van der Waals surface area contributed by atoms with Gasteiger partial charge >= 0.3 is 5.97 Å². The van der Waals surface area contributed by atoms with Gasteiger partial charge in [-0.3, -0.25) is 14.5 Å². The molecule has 0 bridgehead atoms. The van der Waals surface area contributed by atoms with Gasteiger partial charge in [0.05, 0.1) is 17.4 Å². The second-order valence-electron chi connectivity index (χ2n) is 7.79. The first kappa shape index (κ1) is 26.4. The zero-order chi connectivity index (χ0) is 25.0. The molecule has 2 aromatic heterocycles. The number of hydrogen-bond acceptors (Lipinski definition) is 9. The van der Waals surface area contributed by atoms with Crippen molar-refractivity contribution in [3.8, 4) is 0 Å². The van der Waals surface area contributed by atoms with Crippen LogP contribution in [0.5, 0.6) is 0 Å². The van der Waals surface area contributed by atoms with Crippen LogP contribution in [-0.2, 0) is 4.74 Å². The molecule has 0 atom stereocenters. The fourth-order valence-electron chi connectivity index (χ4n) is 3.49. The van der Waals surface area contributed by atoms with Crippen LogP contribution in [0.2, 0.25) is 0 Å². The second kappa shape index (κ2) is 13.6. The van der Waals surface area contributed by atoms with Crippen molar-refractivity contribution in [2.75, 3.05) is 43.1 Å². The monoisotopic (exact) mass is 501 g/mol. The summed E-state index contributed by atoms with van der Waals surface area (Å²) >= 11 is 1.79. The maximum Gasteiger partial charge on any atom is 0.358 e. The fraction of sp³-hybridized carbons (Fsp3) is 0.435. The molecule has 1 saturated heterocycles. The van der Waals surface area contributed by atoms with Gasteiger partial charge in [0.2, 0.25) is 0 Å². The molecule has 0 aromatic carbocycles. The Morgan fingerprint density at radius 1 is 1.29 bits per heavy atom. The number of anilines is 1. The Labute approximate surface area is 208 Å². The smallest absolute Gasteiger partial charge is 0.358 e. The van der Waals surface area contributed by atoms with Gasteiger partial charge < -0.3 is 26.6 Å². The van der Waals surface area contributed by atoms with E-state index in [1.807, 2.05) is 0 Å². The molecule has 0 unspecified atom stereocenters. The molecule has 6 N–H and O–H groups in total. The summed E-state index contributed by atoms with van der Waals surface area (Å²) in [6, 6.07) is 4.97. The van der Waals surface area contributed by atoms with Crippen LogP contribution in [0.15, 0.2) is 35.6 Å². The van der Waals surface area contributed by atoms with Gasteiger partial charge in [-0.2, -0.15) is 16.9 Å². The van der Waals surface area contributed by atoms with Gasteiger partial charge in [0.1, 0.15) is 5.69 Å². The number of hydrogen-bond donors (Lipinski definition) is 4. The van der Waals surface area contributed by atoms with E-state index >= 15 is 0 Å². The van der Waals surface area contributed by atoms with E-state index in [0.717, 1.165) is 30.8 Å². The number of aromatic carboxylic acids is 1. The average Bonchev–Trinajstić information content (AvgIpc) is 3.30. The highest BCUT2D eigenvalue weighted by molar-refractivity contribution is 7.99. The summed E-state index contributed by atoms with van der Waals surface area (Å²) in [6.45, 7) is 2.47. The van der Waals surface area contributed by atoms with Crippen molar-refractivity contribution >= 4 is 41.1 Å². The average molecular weight is 502 g/mol. The number of carboxylic acids is 1. The van der Waals surface area contributed by atoms with Gasteiger partial charge in [0.25, 0.3) is 5.91 Å². The number of carbonyl (C=O) groups excluding carboxylic acids is 1. The number of amides is 1. The Hall–Kier alpha value is -3.22. The van der Waals surface area contributed by atoms with E-state index < -0.39 is 11.9 Å². The third-order valence-electron chi connectivity index (χ3n) is 5.27. The topological polar surface area (TPSA) is 171 Å². The third-order valence-corrected chi connectivity index (χ3v) is 6.37. The molecule has 1 aliphatic rings. The van der Waals surface area contributed by atoms with Crippen molar-refractivity contribution in [2.45, 2.75) is 25.3 Å². The van der Waals surface area contributed by atoms with Crippen LogP contribution in [0.25, 0.3) is 5.57 Å². The quantitative estimate of drug-likeness (QED) is 0.251. The predicted molar refractivity (Wildman–Crippen MR) is 137 cm³/mol. The highest BCUT2D eigenvalue weighted by atomic mass is 32.2. The van der Waals surface area contributed by atoms with E-state index in [1.54, 1.807) is 47.1 Å². The molecule has 188 valence electrons. The van der Waals surface area contributed by atoms with Gasteiger partial charge in [-0.1, -0.05) is 6.07 Å². The van der Waals surface area contributed by atoms with Crippen molar-refractivity contribution in [2.24, 2.45) is 16.5 Å². The lowest BCUT2D eigenvalue weighted by Crippen LogP contribution is -2.20. The maximum absolute atomic E-state index is 12.9. The molecular weight excluding hydrogens is 470 g/mol. The third kappa shape index (κ3) is 7.64. The Balaban J connectivity index is 1.68. The fourth-order valence-corrected chi connectivity index (χ4v) is 4.19. The molecule has 2 aromatic rings. The molecule has 0 radical (unpaired) electrons. The number of carboxylic acid groups (broad SMARTS) is 1. The van der Waals surface area contributed by atoms with Crippen LogP contribution < -0.4 is 16.8 Å². The van der Waals surface area contributed by atoms with Gasteiger partial charge in [0, 0.05) is 56.2 Å². The number of carbonyl (C=O) groups is 2. The van der Waals surface area contributed by atoms with Crippen molar-refractivity contribution in [1.29, 1.82) is 0 Å². The summed E-state index contributed by atoms with van der Waals surface area (Å²) in [5.74, 6) is 0.138. The molecule has 11 nitrogen and oxygen atoms in total. The van der Waals surface area contributed by atoms with Gasteiger partial charge in [0.15, 0.2) is 5.69 Å². The molecule has 1 fully saturated rings. The Kier molecular flexibility index (Phi) is 10.3. The van der Waals surface area contributed by atoms with E-state index in [9.17, 15) is 14.7 Å². The van der Waals surface area contributed by atoms with Crippen LogP contribution in [-0.4, -0.2) is 75.8 Å². The largest absolute Gasteiger partial charge is 0.476 e. The van der Waals surface area contributed by atoms with Crippen LogP contribution >= 0.6 is 11.8 Å². The highest BCUT2D eigenvalue weighted by Crippen LogP contribution is 2.24. The summed E-state index contributed by atoms with van der Waals surface area (Å²) < 4.78 is 6.94. The lowest BCUT2D eigenvalue weighted by molar-refractivity contribution is 0.0645. The molecule has 1 aliphatic heterocycles. The SMILES string of the molecule is NC=C(C=NCCCSCCN)c1cccc(C(=O)Nc2cn(C3CCOCC3)nc2C(=O)O)n1. The molecule has 12 heteroatoms. The van der Waals surface area contributed by atoms with E-state index in [-0.39, 0.29) is 23.1 Å². The summed E-state index contributed by atoms with van der Waals surface area (Å²) in [4.78, 5) is 33.4. The predicted octanol–water partition coefficient (Wildman–Crippen LogP) is 2.03. The number of aliphatic imine (C=N–C) groups is 1. The molecule has 3 rings (SSSR count). The molecule has 0 saturated carbocycles. The number of pyridine rings is 1. The van der Waals surface area contributed by atoms with Crippen LogP contribution in [0, 0.1) is 0 Å². The Morgan fingerprint density at radius 3 is 2.77 bits per heavy atom. The standard InChI is InChI=1S/C23H31N7O4S/c24-7-12-35-11-2-8-26-14-16(13-25)18-3-1-4-19(27-18)22(31)28-20-15-30(29-21(20)23(32)33)17-5-9-34-10-6-17/h1,3-4,13-15,17H,2,5-12,24-25H2,(H,28,31)(H,32,33). The number of allylic oxidation sites excluding steroid dienone is 1. The normalized spacial score (nSPS) is 14.9. The first-order valence-corrected chi connectivity index (χ1v) is 12.6. The van der Waals surface area contributed by atoms with E-state index in [2.05, 4.69) is 20.4 Å². The minimum Gasteiger partial charge on any atom is -0.476 e. The molecule has 0 spiro atoms. The second-order valence-corrected chi connectivity index (χ2v) is 9.02. The lowest BCUT2D eigenvalue weighted by atomic mass is 10.1. The summed E-state index contributed by atoms with van der Waals surface area (Å²) in [5.41, 5.74) is 12.3. The highest BCUT2D eigenvalue weighted by Gasteiger charge is 2.23. The molecule has 3 heterocycles.